The van der Waals surface area contributed by atoms with Crippen LogP contribution < -0.4 is 0 Å². The fourth-order valence-corrected chi connectivity index (χ4v) is 7.75. The largest absolute Gasteiger partial charge is 0.301 e. The van der Waals surface area contributed by atoms with Crippen LogP contribution >= 0.6 is 0 Å². The molecule has 0 bridgehead atoms. The lowest BCUT2D eigenvalue weighted by molar-refractivity contribution is 0.139. The molecule has 0 heterocycles. The smallest absolute Gasteiger partial charge is 0.00954 e. The van der Waals surface area contributed by atoms with Crippen LogP contribution in [0.3, 0.4) is 0 Å². The zero-order valence-electron chi connectivity index (χ0n) is 23.6. The molecule has 0 spiro atoms. The van der Waals surface area contributed by atoms with E-state index >= 15 is 0 Å². The van der Waals surface area contributed by atoms with Crippen molar-refractivity contribution in [3.63, 3.8) is 0 Å². The average Bonchev–Trinajstić information content (AvgIpc) is 2.89. The van der Waals surface area contributed by atoms with Crippen LogP contribution in [0.4, 0.5) is 0 Å². The average molecular weight is 471 g/mol. The van der Waals surface area contributed by atoms with Crippen LogP contribution in [0.25, 0.3) is 0 Å². The first kappa shape index (κ1) is 28.0. The number of hydrogen-bond donors (Lipinski definition) is 0. The third-order valence-electron chi connectivity index (χ3n) is 10.1. The van der Waals surface area contributed by atoms with E-state index in [0.717, 1.165) is 35.8 Å². The maximum Gasteiger partial charge on any atom is 0.00954 e. The van der Waals surface area contributed by atoms with E-state index in [1.165, 1.54) is 110 Å². The van der Waals surface area contributed by atoms with Gasteiger partial charge in [-0.2, -0.15) is 0 Å². The minimum Gasteiger partial charge on any atom is -0.301 e. The molecule has 0 aromatic carbocycles. The number of allylic oxidation sites excluding steroid dienone is 4. The Morgan fingerprint density at radius 3 is 1.41 bits per heavy atom. The zero-order valence-corrected chi connectivity index (χ0v) is 23.6. The summed E-state index contributed by atoms with van der Waals surface area (Å²) in [6, 6.07) is 1.66. The summed E-state index contributed by atoms with van der Waals surface area (Å²) < 4.78 is 0. The molecule has 0 atom stereocenters. The van der Waals surface area contributed by atoms with E-state index in [1.54, 1.807) is 0 Å². The van der Waals surface area contributed by atoms with Crippen LogP contribution in [0, 0.1) is 23.7 Å². The summed E-state index contributed by atoms with van der Waals surface area (Å²) in [5, 5.41) is 0. The van der Waals surface area contributed by atoms with Crippen molar-refractivity contribution in [2.45, 2.75) is 130 Å². The highest BCUT2D eigenvalue weighted by Crippen LogP contribution is 2.41. The van der Waals surface area contributed by atoms with E-state index < -0.39 is 0 Å². The van der Waals surface area contributed by atoms with Gasteiger partial charge in [-0.15, -0.1) is 0 Å². The van der Waals surface area contributed by atoms with Crippen LogP contribution in [0.5, 0.6) is 0 Å². The minimum atomic E-state index is 0.829. The molecule has 196 valence electrons. The second-order valence-corrected chi connectivity index (χ2v) is 11.7. The molecule has 0 amide bonds. The van der Waals surface area contributed by atoms with Crippen molar-refractivity contribution in [3.05, 3.63) is 23.8 Å². The summed E-state index contributed by atoms with van der Waals surface area (Å²) in [5.41, 5.74) is 1.84. The lowest BCUT2D eigenvalue weighted by atomic mass is 9.71. The van der Waals surface area contributed by atoms with Gasteiger partial charge >= 0.3 is 0 Å². The highest BCUT2D eigenvalue weighted by molar-refractivity contribution is 5.20. The van der Waals surface area contributed by atoms with E-state index in [1.807, 2.05) is 5.57 Å². The van der Waals surface area contributed by atoms with Crippen molar-refractivity contribution in [1.82, 2.24) is 9.80 Å². The summed E-state index contributed by atoms with van der Waals surface area (Å²) in [5.74, 6) is 3.50. The third-order valence-corrected chi connectivity index (χ3v) is 10.1. The van der Waals surface area contributed by atoms with Gasteiger partial charge in [-0.3, -0.25) is 0 Å². The van der Waals surface area contributed by atoms with Crippen molar-refractivity contribution < 1.29 is 0 Å². The molecule has 0 saturated heterocycles. The predicted molar refractivity (Wildman–Crippen MR) is 150 cm³/mol. The Kier molecular flexibility index (Phi) is 12.2. The second kappa shape index (κ2) is 14.8. The van der Waals surface area contributed by atoms with Gasteiger partial charge in [-0.05, 0) is 127 Å². The molecule has 3 fully saturated rings. The zero-order chi connectivity index (χ0) is 24.3. The van der Waals surface area contributed by atoms with Gasteiger partial charge in [0.05, 0.1) is 0 Å². The fourth-order valence-electron chi connectivity index (χ4n) is 7.75. The fraction of sp³-hybridized carbons (Fsp3) is 0.875. The molecule has 3 aliphatic rings. The molecule has 0 unspecified atom stereocenters. The maximum atomic E-state index is 2.71. The van der Waals surface area contributed by atoms with Crippen LogP contribution in [0.1, 0.15) is 118 Å². The molecule has 0 aromatic rings. The monoisotopic (exact) mass is 470 g/mol. The van der Waals surface area contributed by atoms with Crippen LogP contribution in [0.2, 0.25) is 0 Å². The summed E-state index contributed by atoms with van der Waals surface area (Å²) >= 11 is 0. The van der Waals surface area contributed by atoms with Crippen LogP contribution in [-0.4, -0.2) is 48.1 Å². The molecule has 0 aliphatic heterocycles. The van der Waals surface area contributed by atoms with Crippen molar-refractivity contribution >= 4 is 0 Å². The lowest BCUT2D eigenvalue weighted by Gasteiger charge is -2.41. The SMILES string of the molecule is CCC1CCC(/C=C/C=C(C2CCC(N(CC)CC)CC2)C2CCC(N(CC)CC)CC2)CC1. The van der Waals surface area contributed by atoms with Crippen LogP contribution in [0.15, 0.2) is 23.8 Å². The number of nitrogens with zero attached hydrogens (tertiary/aromatic N) is 2. The standard InChI is InChI=1S/C32H58N2/c1-6-26-14-16-27(17-15-26)12-11-13-32(28-18-22-30(23-19-28)33(7-2)8-3)29-20-24-31(25-21-29)34(9-4)10-5/h11-13,26-31H,6-10,14-25H2,1-5H3/b12-11+,32-13?. The van der Waals surface area contributed by atoms with Crippen molar-refractivity contribution in [2.24, 2.45) is 23.7 Å². The van der Waals surface area contributed by atoms with Crippen molar-refractivity contribution in [2.75, 3.05) is 26.2 Å². The maximum absolute atomic E-state index is 2.71. The van der Waals surface area contributed by atoms with Gasteiger partial charge in [0.15, 0.2) is 0 Å². The van der Waals surface area contributed by atoms with Gasteiger partial charge in [-0.25, -0.2) is 0 Å². The van der Waals surface area contributed by atoms with E-state index in [4.69, 9.17) is 0 Å². The van der Waals surface area contributed by atoms with Gasteiger partial charge < -0.3 is 9.80 Å². The Morgan fingerprint density at radius 2 is 1.03 bits per heavy atom. The first-order valence-electron chi connectivity index (χ1n) is 15.5. The van der Waals surface area contributed by atoms with Crippen molar-refractivity contribution in [3.8, 4) is 0 Å². The first-order valence-corrected chi connectivity index (χ1v) is 15.5. The Morgan fingerprint density at radius 1 is 0.588 bits per heavy atom. The Hall–Kier alpha value is -0.600. The molecule has 2 nitrogen and oxygen atoms in total. The van der Waals surface area contributed by atoms with Gasteiger partial charge in [0.25, 0.3) is 0 Å². The Balaban J connectivity index is 1.65. The molecule has 0 N–H and O–H groups in total. The second-order valence-electron chi connectivity index (χ2n) is 11.7. The Bertz CT molecular complexity index is 557. The molecular formula is C32H58N2. The highest BCUT2D eigenvalue weighted by Gasteiger charge is 2.32. The quantitative estimate of drug-likeness (QED) is 0.279. The molecule has 34 heavy (non-hydrogen) atoms. The molecule has 2 heteroatoms. The van der Waals surface area contributed by atoms with Gasteiger partial charge in [0.1, 0.15) is 0 Å². The summed E-state index contributed by atoms with van der Waals surface area (Å²) in [6.45, 7) is 16.6. The van der Waals surface area contributed by atoms with E-state index in [2.05, 4.69) is 62.6 Å². The molecule has 0 aromatic heterocycles. The molecule has 0 radical (unpaired) electrons. The van der Waals surface area contributed by atoms with Crippen molar-refractivity contribution in [1.29, 1.82) is 0 Å². The van der Waals surface area contributed by atoms with E-state index in [-0.39, 0.29) is 0 Å². The topological polar surface area (TPSA) is 6.48 Å². The summed E-state index contributed by atoms with van der Waals surface area (Å²) in [7, 11) is 0. The minimum absolute atomic E-state index is 0.829. The first-order chi connectivity index (χ1) is 16.6. The molecular weight excluding hydrogens is 412 g/mol. The summed E-state index contributed by atoms with van der Waals surface area (Å²) in [4.78, 5) is 5.42. The molecule has 3 saturated carbocycles. The summed E-state index contributed by atoms with van der Waals surface area (Å²) in [6.07, 6.45) is 26.1. The number of hydrogen-bond acceptors (Lipinski definition) is 2. The third kappa shape index (κ3) is 7.70. The van der Waals surface area contributed by atoms with Crippen LogP contribution in [-0.2, 0) is 0 Å². The predicted octanol–water partition coefficient (Wildman–Crippen LogP) is 8.49. The van der Waals surface area contributed by atoms with Gasteiger partial charge in [-0.1, -0.05) is 64.8 Å². The Labute approximate surface area is 213 Å². The molecule has 3 aliphatic carbocycles. The normalized spacial score (nSPS) is 33.0. The lowest BCUT2D eigenvalue weighted by Crippen LogP contribution is -2.39. The molecule has 3 rings (SSSR count). The van der Waals surface area contributed by atoms with E-state index in [0.29, 0.717) is 0 Å². The van der Waals surface area contributed by atoms with Gasteiger partial charge in [0, 0.05) is 12.1 Å². The van der Waals surface area contributed by atoms with E-state index in [9.17, 15) is 0 Å². The van der Waals surface area contributed by atoms with Gasteiger partial charge in [0.2, 0.25) is 0 Å². The number of rotatable bonds is 11. The highest BCUT2D eigenvalue weighted by atomic mass is 15.1.